The summed E-state index contributed by atoms with van der Waals surface area (Å²) in [6.07, 6.45) is 1.10. The number of phenols is 1. The molecule has 1 amide bonds. The van der Waals surface area contributed by atoms with E-state index in [0.29, 0.717) is 18.7 Å². The number of rotatable bonds is 6. The van der Waals surface area contributed by atoms with Crippen LogP contribution in [0.3, 0.4) is 0 Å². The molecule has 11 heteroatoms. The monoisotopic (exact) mass is 514 g/mol. The van der Waals surface area contributed by atoms with E-state index in [1.54, 1.807) is 20.2 Å². The van der Waals surface area contributed by atoms with Crippen LogP contribution in [0, 0.1) is 11.8 Å². The fraction of sp³-hybridized carbons (Fsp3) is 0.500. The Labute approximate surface area is 214 Å². The van der Waals surface area contributed by atoms with Crippen LogP contribution in [0.5, 0.6) is 5.75 Å². The summed E-state index contributed by atoms with van der Waals surface area (Å²) in [6.45, 7) is 5.33. The van der Waals surface area contributed by atoms with Crippen molar-refractivity contribution in [3.63, 3.8) is 0 Å². The van der Waals surface area contributed by atoms with Crippen molar-refractivity contribution in [3.05, 3.63) is 34.1 Å². The number of fused-ring (bicyclic) bond motifs is 3. The summed E-state index contributed by atoms with van der Waals surface area (Å²) < 4.78 is 0. The van der Waals surface area contributed by atoms with E-state index in [9.17, 15) is 34.8 Å². The average molecular weight is 515 g/mol. The van der Waals surface area contributed by atoms with E-state index < -0.39 is 58.0 Å². The summed E-state index contributed by atoms with van der Waals surface area (Å²) in [7, 11) is 3.13. The van der Waals surface area contributed by atoms with Gasteiger partial charge in [-0.15, -0.1) is 0 Å². The Morgan fingerprint density at radius 3 is 2.38 bits per heavy atom. The number of phenolic OH excluding ortho intramolecular Hbond substituents is 1. The minimum absolute atomic E-state index is 0.000780. The van der Waals surface area contributed by atoms with Crippen LogP contribution in [0.1, 0.15) is 37.8 Å². The molecule has 1 saturated carbocycles. The van der Waals surface area contributed by atoms with Gasteiger partial charge in [0.15, 0.2) is 11.4 Å². The number of ketones is 2. The molecule has 37 heavy (non-hydrogen) atoms. The van der Waals surface area contributed by atoms with Crippen molar-refractivity contribution in [1.29, 1.82) is 0 Å². The van der Waals surface area contributed by atoms with Gasteiger partial charge in [-0.2, -0.15) is 0 Å². The van der Waals surface area contributed by atoms with Crippen molar-refractivity contribution in [1.82, 2.24) is 4.90 Å². The van der Waals surface area contributed by atoms with Crippen LogP contribution in [0.4, 0.5) is 11.4 Å². The fourth-order valence-corrected chi connectivity index (χ4v) is 6.31. The number of carbonyl (C=O) groups excluding carboxylic acids is 3. The number of carbonyl (C=O) groups is 3. The van der Waals surface area contributed by atoms with E-state index in [2.05, 4.69) is 4.90 Å². The molecule has 8 N–H and O–H groups in total. The molecule has 0 radical (unpaired) electrons. The van der Waals surface area contributed by atoms with Gasteiger partial charge in [0, 0.05) is 30.3 Å². The SMILES string of the molecule is CCCN(CC)c1cc(N)c(O)c2c1CC1CC3[C@H](N(C)C)C(=O)C(C(N)=O)=C(O)[C@@]3(O)C(=O)C1=C2O. The highest BCUT2D eigenvalue weighted by atomic mass is 16.3. The number of nitrogens with zero attached hydrogens (tertiary/aromatic N) is 2. The molecule has 0 aromatic heterocycles. The third-order valence-electron chi connectivity index (χ3n) is 7.94. The molecule has 4 atom stereocenters. The molecule has 2 unspecified atom stereocenters. The molecule has 3 aliphatic rings. The maximum Gasteiger partial charge on any atom is 0.255 e. The molecule has 0 heterocycles. The molecule has 200 valence electrons. The maximum absolute atomic E-state index is 13.9. The van der Waals surface area contributed by atoms with Crippen molar-refractivity contribution in [2.45, 2.75) is 44.8 Å². The molecule has 0 aliphatic heterocycles. The molecule has 1 fully saturated rings. The van der Waals surface area contributed by atoms with Gasteiger partial charge in [-0.1, -0.05) is 6.92 Å². The first-order valence-electron chi connectivity index (χ1n) is 12.4. The van der Waals surface area contributed by atoms with Gasteiger partial charge < -0.3 is 36.8 Å². The number of aromatic hydroxyl groups is 1. The minimum Gasteiger partial charge on any atom is -0.508 e. The Balaban J connectivity index is 1.99. The molecule has 0 spiro atoms. The summed E-state index contributed by atoms with van der Waals surface area (Å²) in [5, 5.41) is 44.8. The lowest BCUT2D eigenvalue weighted by Gasteiger charge is -2.50. The average Bonchev–Trinajstić information content (AvgIpc) is 2.81. The highest BCUT2D eigenvalue weighted by Gasteiger charge is 2.64. The Morgan fingerprint density at radius 2 is 1.84 bits per heavy atom. The zero-order valence-electron chi connectivity index (χ0n) is 21.4. The molecule has 1 aromatic carbocycles. The number of likely N-dealkylation sites (N-methyl/N-ethyl adjacent to an activating group) is 1. The highest BCUT2D eigenvalue weighted by Crippen LogP contribution is 2.54. The highest BCUT2D eigenvalue weighted by molar-refractivity contribution is 6.24. The summed E-state index contributed by atoms with van der Waals surface area (Å²) in [5.74, 6) is -6.89. The van der Waals surface area contributed by atoms with E-state index >= 15 is 0 Å². The van der Waals surface area contributed by atoms with Gasteiger partial charge in [-0.05, 0) is 57.8 Å². The van der Waals surface area contributed by atoms with Crippen molar-refractivity contribution < 1.29 is 34.8 Å². The van der Waals surface area contributed by atoms with Gasteiger partial charge in [-0.25, -0.2) is 0 Å². The third-order valence-corrected chi connectivity index (χ3v) is 7.94. The van der Waals surface area contributed by atoms with Gasteiger partial charge >= 0.3 is 0 Å². The molecule has 0 bridgehead atoms. The molecular formula is C26H34N4O7. The van der Waals surface area contributed by atoms with Crippen LogP contribution >= 0.6 is 0 Å². The first kappa shape index (κ1) is 26.5. The van der Waals surface area contributed by atoms with E-state index in [1.165, 1.54) is 4.90 Å². The number of Topliss-reactive ketones (excluding diaryl/α,β-unsaturated/α-hetero) is 2. The van der Waals surface area contributed by atoms with Gasteiger partial charge in [-0.3, -0.25) is 19.3 Å². The lowest BCUT2D eigenvalue weighted by atomic mass is 9.57. The standard InChI is InChI=1S/C26H34N4O7/c1-5-7-30(6-2)15-10-14(27)20(31)17-12(15)8-11-9-13-19(29(3)4)22(33)18(25(28)36)24(35)26(13,37)23(34)16(11)21(17)32/h10-11,13,19,31-32,35,37H,5-9,27H2,1-4H3,(H2,28,36)/t11?,13?,19-,26-/m0/s1. The van der Waals surface area contributed by atoms with Crippen LogP contribution < -0.4 is 16.4 Å². The number of hydrogen-bond donors (Lipinski definition) is 6. The summed E-state index contributed by atoms with van der Waals surface area (Å²) in [4.78, 5) is 42.7. The molecular weight excluding hydrogens is 480 g/mol. The lowest BCUT2D eigenvalue weighted by molar-refractivity contribution is -0.153. The van der Waals surface area contributed by atoms with Crippen molar-refractivity contribution in [2.75, 3.05) is 37.8 Å². The first-order chi connectivity index (χ1) is 17.3. The number of hydrogen-bond acceptors (Lipinski definition) is 10. The van der Waals surface area contributed by atoms with E-state index in [0.717, 1.165) is 12.1 Å². The maximum atomic E-state index is 13.9. The van der Waals surface area contributed by atoms with Crippen molar-refractivity contribution in [3.8, 4) is 5.75 Å². The number of benzene rings is 1. The second-order valence-electron chi connectivity index (χ2n) is 10.2. The number of primary amides is 1. The minimum atomic E-state index is -2.67. The molecule has 3 aliphatic carbocycles. The Bertz CT molecular complexity index is 1270. The van der Waals surface area contributed by atoms with Gasteiger partial charge in [0.25, 0.3) is 5.91 Å². The number of aliphatic hydroxyl groups excluding tert-OH is 2. The first-order valence-corrected chi connectivity index (χ1v) is 12.4. The summed E-state index contributed by atoms with van der Waals surface area (Å²) in [5.41, 5.74) is 9.07. The van der Waals surface area contributed by atoms with Crippen molar-refractivity contribution >= 4 is 34.6 Å². The quantitative estimate of drug-likeness (QED) is 0.180. The topological polar surface area (TPSA) is 191 Å². The number of nitrogens with two attached hydrogens (primary N) is 2. The van der Waals surface area contributed by atoms with Crippen LogP contribution in [-0.2, 0) is 20.8 Å². The van der Waals surface area contributed by atoms with Gasteiger partial charge in [0.2, 0.25) is 5.78 Å². The fourth-order valence-electron chi connectivity index (χ4n) is 6.31. The van der Waals surface area contributed by atoms with Crippen LogP contribution in [0.2, 0.25) is 0 Å². The predicted molar refractivity (Wildman–Crippen MR) is 137 cm³/mol. The normalized spacial score (nSPS) is 27.2. The predicted octanol–water partition coefficient (Wildman–Crippen LogP) is 0.783. The van der Waals surface area contributed by atoms with Crippen LogP contribution in [0.15, 0.2) is 23.0 Å². The number of amides is 1. The second-order valence-corrected chi connectivity index (χ2v) is 10.2. The number of anilines is 2. The zero-order chi connectivity index (χ0) is 27.6. The van der Waals surface area contributed by atoms with Gasteiger partial charge in [0.05, 0.1) is 17.3 Å². The summed E-state index contributed by atoms with van der Waals surface area (Å²) in [6, 6.07) is 0.525. The zero-order valence-corrected chi connectivity index (χ0v) is 21.4. The molecule has 4 rings (SSSR count). The number of aliphatic hydroxyl groups is 3. The molecule has 1 aromatic rings. The Morgan fingerprint density at radius 1 is 1.19 bits per heavy atom. The summed E-state index contributed by atoms with van der Waals surface area (Å²) >= 11 is 0. The Hall–Kier alpha value is -3.57. The van der Waals surface area contributed by atoms with Gasteiger partial charge in [0.1, 0.15) is 22.8 Å². The molecule has 0 saturated heterocycles. The van der Waals surface area contributed by atoms with Crippen LogP contribution in [-0.4, -0.2) is 81.6 Å². The molecule has 11 nitrogen and oxygen atoms in total. The largest absolute Gasteiger partial charge is 0.508 e. The lowest BCUT2D eigenvalue weighted by Crippen LogP contribution is -2.65. The van der Waals surface area contributed by atoms with Crippen LogP contribution in [0.25, 0.3) is 5.76 Å². The van der Waals surface area contributed by atoms with E-state index in [4.69, 9.17) is 11.5 Å². The third kappa shape index (κ3) is 3.59. The second kappa shape index (κ2) is 9.07. The van der Waals surface area contributed by atoms with E-state index in [-0.39, 0.29) is 35.4 Å². The number of nitrogen functional groups attached to an aromatic ring is 1. The smallest absolute Gasteiger partial charge is 0.255 e. The van der Waals surface area contributed by atoms with Crippen molar-refractivity contribution in [2.24, 2.45) is 17.6 Å². The van der Waals surface area contributed by atoms with E-state index in [1.807, 2.05) is 13.8 Å². The Kier molecular flexibility index (Phi) is 6.49.